The molecule has 0 saturated carbocycles. The molecule has 5 heteroatoms. The standard InChI is InChI=1S/C11H16NO3P/c1-9(2)16(13)14-8-6-11(15-16)10-5-3-4-7-12-10/h3-5,7,9,11H,6,8H2,1-2H3. The zero-order chi connectivity index (χ0) is 11.6. The van der Waals surface area contributed by atoms with E-state index in [1.165, 1.54) is 0 Å². The van der Waals surface area contributed by atoms with Crippen LogP contribution in [0.4, 0.5) is 0 Å². The molecule has 88 valence electrons. The summed E-state index contributed by atoms with van der Waals surface area (Å²) in [4.78, 5) is 4.23. The molecule has 1 saturated heterocycles. The van der Waals surface area contributed by atoms with Crippen molar-refractivity contribution in [3.8, 4) is 0 Å². The quantitative estimate of drug-likeness (QED) is 0.746. The predicted octanol–water partition coefficient (Wildman–Crippen LogP) is 3.16. The molecular weight excluding hydrogens is 225 g/mol. The second-order valence-corrected chi connectivity index (χ2v) is 6.69. The fourth-order valence-corrected chi connectivity index (χ4v) is 3.12. The van der Waals surface area contributed by atoms with Gasteiger partial charge in [0.2, 0.25) is 0 Å². The number of hydrogen-bond donors (Lipinski definition) is 0. The van der Waals surface area contributed by atoms with E-state index in [1.54, 1.807) is 6.20 Å². The van der Waals surface area contributed by atoms with E-state index in [0.29, 0.717) is 13.0 Å². The minimum Gasteiger partial charge on any atom is -0.308 e. The first-order valence-electron chi connectivity index (χ1n) is 5.45. The highest BCUT2D eigenvalue weighted by Gasteiger charge is 2.37. The minimum absolute atomic E-state index is 0.112. The van der Waals surface area contributed by atoms with Gasteiger partial charge in [0.05, 0.1) is 18.0 Å². The van der Waals surface area contributed by atoms with Crippen LogP contribution in [0.5, 0.6) is 0 Å². The molecule has 2 unspecified atom stereocenters. The van der Waals surface area contributed by atoms with Gasteiger partial charge in [-0.15, -0.1) is 0 Å². The van der Waals surface area contributed by atoms with E-state index >= 15 is 0 Å². The van der Waals surface area contributed by atoms with Crippen LogP contribution in [0.25, 0.3) is 0 Å². The molecule has 0 spiro atoms. The zero-order valence-electron chi connectivity index (χ0n) is 9.50. The van der Waals surface area contributed by atoms with E-state index in [1.807, 2.05) is 32.0 Å². The summed E-state index contributed by atoms with van der Waals surface area (Å²) in [5, 5.41) is 0. The van der Waals surface area contributed by atoms with Crippen LogP contribution in [0, 0.1) is 0 Å². The highest BCUT2D eigenvalue weighted by Crippen LogP contribution is 2.59. The van der Waals surface area contributed by atoms with Crippen molar-refractivity contribution in [1.29, 1.82) is 0 Å². The first-order valence-corrected chi connectivity index (χ1v) is 7.06. The maximum Gasteiger partial charge on any atom is 0.333 e. The van der Waals surface area contributed by atoms with E-state index in [-0.39, 0.29) is 11.8 Å². The normalized spacial score (nSPS) is 30.6. The molecule has 1 aliphatic heterocycles. The number of pyridine rings is 1. The lowest BCUT2D eigenvalue weighted by atomic mass is 10.2. The van der Waals surface area contributed by atoms with Gasteiger partial charge in [-0.05, 0) is 12.1 Å². The van der Waals surface area contributed by atoms with Crippen LogP contribution in [0.1, 0.15) is 32.1 Å². The van der Waals surface area contributed by atoms with Gasteiger partial charge in [-0.25, -0.2) is 0 Å². The van der Waals surface area contributed by atoms with Crippen molar-refractivity contribution in [2.24, 2.45) is 0 Å². The predicted molar refractivity (Wildman–Crippen MR) is 61.4 cm³/mol. The fourth-order valence-electron chi connectivity index (χ4n) is 1.59. The Morgan fingerprint density at radius 3 is 2.94 bits per heavy atom. The van der Waals surface area contributed by atoms with Crippen LogP contribution in [0.3, 0.4) is 0 Å². The smallest absolute Gasteiger partial charge is 0.308 e. The Bertz CT molecular complexity index is 393. The molecule has 2 heterocycles. The number of nitrogens with zero attached hydrogens (tertiary/aromatic N) is 1. The molecule has 16 heavy (non-hydrogen) atoms. The molecule has 0 amide bonds. The van der Waals surface area contributed by atoms with Gasteiger partial charge in [-0.1, -0.05) is 19.9 Å². The molecule has 1 aliphatic rings. The van der Waals surface area contributed by atoms with Crippen LogP contribution < -0.4 is 0 Å². The van der Waals surface area contributed by atoms with Crippen molar-refractivity contribution < 1.29 is 13.6 Å². The zero-order valence-corrected chi connectivity index (χ0v) is 10.4. The number of rotatable bonds is 2. The van der Waals surface area contributed by atoms with Gasteiger partial charge >= 0.3 is 7.60 Å². The van der Waals surface area contributed by atoms with Gasteiger partial charge in [0.1, 0.15) is 6.10 Å². The maximum absolute atomic E-state index is 12.2. The SMILES string of the molecule is CC(C)P1(=O)OCCC(c2ccccn2)O1. The largest absolute Gasteiger partial charge is 0.333 e. The summed E-state index contributed by atoms with van der Waals surface area (Å²) in [5.41, 5.74) is 0.714. The average Bonchev–Trinajstić information content (AvgIpc) is 2.30. The van der Waals surface area contributed by atoms with Gasteiger partial charge in [0, 0.05) is 12.6 Å². The molecule has 2 rings (SSSR count). The lowest BCUT2D eigenvalue weighted by Gasteiger charge is -2.31. The molecule has 0 aromatic carbocycles. The summed E-state index contributed by atoms with van der Waals surface area (Å²) in [7, 11) is -2.95. The Morgan fingerprint density at radius 1 is 1.50 bits per heavy atom. The summed E-state index contributed by atoms with van der Waals surface area (Å²) in [5.74, 6) is 0. The molecule has 1 aromatic heterocycles. The second-order valence-electron chi connectivity index (χ2n) is 4.10. The van der Waals surface area contributed by atoms with E-state index < -0.39 is 7.60 Å². The molecule has 0 bridgehead atoms. The van der Waals surface area contributed by atoms with E-state index in [9.17, 15) is 4.57 Å². The topological polar surface area (TPSA) is 48.4 Å². The molecule has 4 nitrogen and oxygen atoms in total. The molecule has 2 atom stereocenters. The summed E-state index contributed by atoms with van der Waals surface area (Å²) in [6.07, 6.45) is 2.21. The summed E-state index contributed by atoms with van der Waals surface area (Å²) in [6, 6.07) is 5.65. The van der Waals surface area contributed by atoms with E-state index in [2.05, 4.69) is 4.98 Å². The third-order valence-corrected chi connectivity index (χ3v) is 4.93. The maximum atomic E-state index is 12.2. The van der Waals surface area contributed by atoms with Gasteiger partial charge in [-0.3, -0.25) is 14.1 Å². The van der Waals surface area contributed by atoms with Gasteiger partial charge in [0.25, 0.3) is 0 Å². The summed E-state index contributed by atoms with van der Waals surface area (Å²) < 4.78 is 23.1. The van der Waals surface area contributed by atoms with Crippen LogP contribution in [0.2, 0.25) is 0 Å². The molecule has 0 N–H and O–H groups in total. The first-order chi connectivity index (χ1) is 7.62. The highest BCUT2D eigenvalue weighted by molar-refractivity contribution is 7.54. The Hall–Kier alpha value is -0.700. The average molecular weight is 241 g/mol. The van der Waals surface area contributed by atoms with Crippen molar-refractivity contribution in [2.75, 3.05) is 6.61 Å². The van der Waals surface area contributed by atoms with Crippen LogP contribution in [-0.2, 0) is 13.6 Å². The lowest BCUT2D eigenvalue weighted by molar-refractivity contribution is 0.0756. The van der Waals surface area contributed by atoms with Crippen molar-refractivity contribution >= 4 is 7.60 Å². The number of aromatic nitrogens is 1. The third kappa shape index (κ3) is 2.34. The molecular formula is C11H16NO3P. The Labute approximate surface area is 95.5 Å². The Morgan fingerprint density at radius 2 is 2.31 bits per heavy atom. The molecule has 1 fully saturated rings. The Balaban J connectivity index is 2.17. The molecule has 0 radical (unpaired) electrons. The van der Waals surface area contributed by atoms with Crippen LogP contribution in [-0.4, -0.2) is 17.2 Å². The fraction of sp³-hybridized carbons (Fsp3) is 0.545. The van der Waals surface area contributed by atoms with Crippen molar-refractivity contribution in [1.82, 2.24) is 4.98 Å². The summed E-state index contributed by atoms with van der Waals surface area (Å²) >= 11 is 0. The van der Waals surface area contributed by atoms with E-state index in [0.717, 1.165) is 5.69 Å². The summed E-state index contributed by atoms with van der Waals surface area (Å²) in [6.45, 7) is 4.17. The lowest BCUT2D eigenvalue weighted by Crippen LogP contribution is -2.18. The van der Waals surface area contributed by atoms with Crippen molar-refractivity contribution in [3.05, 3.63) is 30.1 Å². The molecule has 1 aromatic rings. The van der Waals surface area contributed by atoms with Gasteiger partial charge < -0.3 is 4.52 Å². The molecule has 0 aliphatic carbocycles. The second kappa shape index (κ2) is 4.66. The number of hydrogen-bond acceptors (Lipinski definition) is 4. The van der Waals surface area contributed by atoms with Crippen LogP contribution in [0.15, 0.2) is 24.4 Å². The highest BCUT2D eigenvalue weighted by atomic mass is 31.2. The van der Waals surface area contributed by atoms with Crippen molar-refractivity contribution in [2.45, 2.75) is 32.0 Å². The minimum atomic E-state index is -2.95. The first kappa shape index (κ1) is 11.8. The van der Waals surface area contributed by atoms with Crippen molar-refractivity contribution in [3.63, 3.8) is 0 Å². The van der Waals surface area contributed by atoms with Gasteiger partial charge in [0.15, 0.2) is 0 Å². The Kier molecular flexibility index (Phi) is 3.43. The van der Waals surface area contributed by atoms with Crippen LogP contribution >= 0.6 is 7.60 Å². The monoisotopic (exact) mass is 241 g/mol. The van der Waals surface area contributed by atoms with Gasteiger partial charge in [-0.2, -0.15) is 0 Å². The third-order valence-electron chi connectivity index (χ3n) is 2.58. The van der Waals surface area contributed by atoms with E-state index in [4.69, 9.17) is 9.05 Å².